The number of alkyl halides is 5. The average Bonchev–Trinajstić information content (AvgIpc) is 2.17. The van der Waals surface area contributed by atoms with Crippen LogP contribution < -0.4 is 0 Å². The fraction of sp³-hybridized carbons (Fsp3) is 0.545. The first kappa shape index (κ1) is 16.0. The molecule has 0 saturated carbocycles. The van der Waals surface area contributed by atoms with Gasteiger partial charge < -0.3 is 4.43 Å². The first-order chi connectivity index (χ1) is 8.31. The van der Waals surface area contributed by atoms with Crippen LogP contribution in [0.15, 0.2) is 24.3 Å². The van der Waals surface area contributed by atoms with Gasteiger partial charge in [0, 0.05) is 0 Å². The third-order valence-electron chi connectivity index (χ3n) is 2.31. The molecule has 1 aliphatic rings. The van der Waals surface area contributed by atoms with Crippen LogP contribution in [0, 0.1) is 0 Å². The van der Waals surface area contributed by atoms with E-state index >= 15 is 0 Å². The van der Waals surface area contributed by atoms with E-state index < -0.39 is 31.8 Å². The first-order valence-electron chi connectivity index (χ1n) is 5.38. The number of ketones is 1. The molecule has 0 aromatic heterocycles. The summed E-state index contributed by atoms with van der Waals surface area (Å²) in [4.78, 5) is 10.9. The van der Waals surface area contributed by atoms with Gasteiger partial charge in [0.25, 0.3) is 0 Å². The van der Waals surface area contributed by atoms with Crippen molar-refractivity contribution in [3.63, 3.8) is 0 Å². The van der Waals surface area contributed by atoms with Gasteiger partial charge in [-0.1, -0.05) is 0 Å². The van der Waals surface area contributed by atoms with Crippen LogP contribution >= 0.6 is 0 Å². The van der Waals surface area contributed by atoms with Crippen LogP contribution in [0.2, 0.25) is 19.6 Å². The fourth-order valence-corrected chi connectivity index (χ4v) is 2.87. The molecule has 0 fully saturated rings. The highest BCUT2D eigenvalue weighted by atomic mass is 28.4. The number of carbonyl (C=O) groups excluding carboxylic acids is 1. The summed E-state index contributed by atoms with van der Waals surface area (Å²) in [5.41, 5.74) is -2.95. The van der Waals surface area contributed by atoms with Crippen LogP contribution in [0.25, 0.3) is 0 Å². The van der Waals surface area contributed by atoms with Gasteiger partial charge >= 0.3 is 12.1 Å². The van der Waals surface area contributed by atoms with E-state index in [0.29, 0.717) is 24.3 Å². The van der Waals surface area contributed by atoms with Gasteiger partial charge in [0.2, 0.25) is 0 Å². The highest BCUT2D eigenvalue weighted by Crippen LogP contribution is 2.48. The lowest BCUT2D eigenvalue weighted by Crippen LogP contribution is -2.60. The molecule has 0 N–H and O–H groups in total. The molecule has 108 valence electrons. The van der Waals surface area contributed by atoms with Crippen molar-refractivity contribution in [2.75, 3.05) is 0 Å². The summed E-state index contributed by atoms with van der Waals surface area (Å²) in [6.07, 6.45) is -3.47. The van der Waals surface area contributed by atoms with Crippen molar-refractivity contribution in [1.29, 1.82) is 0 Å². The maximum atomic E-state index is 13.7. The van der Waals surface area contributed by atoms with E-state index in [4.69, 9.17) is 4.43 Å². The van der Waals surface area contributed by atoms with Gasteiger partial charge in [-0.3, -0.25) is 4.79 Å². The Hall–Kier alpha value is -1.02. The lowest BCUT2D eigenvalue weighted by molar-refractivity contribution is -0.318. The molecule has 0 bridgehead atoms. The molecular weight excluding hydrogens is 287 g/mol. The molecule has 2 nitrogen and oxygen atoms in total. The largest absolute Gasteiger partial charge is 0.457 e. The summed E-state index contributed by atoms with van der Waals surface area (Å²) < 4.78 is 70.1. The average molecular weight is 300 g/mol. The maximum Gasteiger partial charge on any atom is 0.457 e. The minimum absolute atomic E-state index is 0.487. The topological polar surface area (TPSA) is 26.3 Å². The predicted octanol–water partition coefficient (Wildman–Crippen LogP) is 3.47. The number of hydrogen-bond donors (Lipinski definition) is 0. The number of rotatable bonds is 3. The highest BCUT2D eigenvalue weighted by Gasteiger charge is 2.70. The quantitative estimate of drug-likeness (QED) is 0.589. The lowest BCUT2D eigenvalue weighted by Gasteiger charge is -2.41. The van der Waals surface area contributed by atoms with Crippen molar-refractivity contribution in [3.05, 3.63) is 24.3 Å². The Balaban J connectivity index is 3.34. The Morgan fingerprint density at radius 2 is 1.47 bits per heavy atom. The van der Waals surface area contributed by atoms with Gasteiger partial charge in [0.05, 0.1) is 0 Å². The molecule has 0 spiro atoms. The summed E-state index contributed by atoms with van der Waals surface area (Å²) >= 11 is 0. The second kappa shape index (κ2) is 4.52. The Morgan fingerprint density at radius 1 is 1.05 bits per heavy atom. The molecule has 1 rings (SSSR count). The molecular formula is C11H13F5O2Si. The Bertz CT molecular complexity index is 415. The van der Waals surface area contributed by atoms with Crippen LogP contribution in [-0.4, -0.2) is 31.8 Å². The molecule has 0 unspecified atom stereocenters. The fourth-order valence-electron chi connectivity index (χ4n) is 1.59. The van der Waals surface area contributed by atoms with Gasteiger partial charge in [-0.2, -0.15) is 22.0 Å². The summed E-state index contributed by atoms with van der Waals surface area (Å²) in [5, 5.41) is 0. The number of carbonyl (C=O) groups is 1. The molecule has 8 heteroatoms. The van der Waals surface area contributed by atoms with Crippen molar-refractivity contribution in [2.45, 2.75) is 37.3 Å². The van der Waals surface area contributed by atoms with Gasteiger partial charge in [0.1, 0.15) is 0 Å². The molecule has 0 atom stereocenters. The van der Waals surface area contributed by atoms with E-state index in [9.17, 15) is 26.7 Å². The van der Waals surface area contributed by atoms with E-state index in [0.717, 1.165) is 0 Å². The summed E-state index contributed by atoms with van der Waals surface area (Å²) in [7, 11) is -2.72. The van der Waals surface area contributed by atoms with Crippen LogP contribution in [0.3, 0.4) is 0 Å². The molecule has 0 heterocycles. The van der Waals surface area contributed by atoms with Gasteiger partial charge in [-0.25, -0.2) is 0 Å². The Morgan fingerprint density at radius 3 is 1.79 bits per heavy atom. The van der Waals surface area contributed by atoms with E-state index in [1.54, 1.807) is 0 Å². The molecule has 0 radical (unpaired) electrons. The summed E-state index contributed by atoms with van der Waals surface area (Å²) in [5.74, 6) is -5.78. The number of allylic oxidation sites excluding steroid dienone is 2. The van der Waals surface area contributed by atoms with Crippen LogP contribution in [0.5, 0.6) is 0 Å². The zero-order valence-corrected chi connectivity index (χ0v) is 11.5. The molecule has 0 aliphatic heterocycles. The zero-order valence-electron chi connectivity index (χ0n) is 10.5. The third kappa shape index (κ3) is 3.11. The molecule has 19 heavy (non-hydrogen) atoms. The standard InChI is InChI=1S/C11H13F5O2Si/c1-19(2,3)18-9(6-4-8(17)5-7-9)10(12,13)11(14,15)16/h4-7H,1-3H3. The van der Waals surface area contributed by atoms with Crippen LogP contribution in [0.1, 0.15) is 0 Å². The van der Waals surface area contributed by atoms with E-state index in [1.165, 1.54) is 19.6 Å². The minimum Gasteiger partial charge on any atom is -0.400 e. The number of halogens is 5. The summed E-state index contributed by atoms with van der Waals surface area (Å²) in [6, 6.07) is 0. The summed E-state index contributed by atoms with van der Waals surface area (Å²) in [6.45, 7) is 4.46. The molecule has 0 aromatic carbocycles. The highest BCUT2D eigenvalue weighted by molar-refractivity contribution is 6.69. The van der Waals surface area contributed by atoms with Crippen LogP contribution in [0.4, 0.5) is 22.0 Å². The third-order valence-corrected chi connectivity index (χ3v) is 3.26. The van der Waals surface area contributed by atoms with Crippen molar-refractivity contribution in [1.82, 2.24) is 0 Å². The normalized spacial score (nSPS) is 19.9. The first-order valence-corrected chi connectivity index (χ1v) is 8.79. The van der Waals surface area contributed by atoms with E-state index in [1.807, 2.05) is 0 Å². The lowest BCUT2D eigenvalue weighted by atomic mass is 9.90. The zero-order chi connectivity index (χ0) is 15.1. The van der Waals surface area contributed by atoms with Crippen molar-refractivity contribution >= 4 is 14.1 Å². The van der Waals surface area contributed by atoms with E-state index in [-0.39, 0.29) is 0 Å². The Labute approximate surface area is 108 Å². The van der Waals surface area contributed by atoms with Crippen LogP contribution in [-0.2, 0) is 9.22 Å². The molecule has 0 saturated heterocycles. The van der Waals surface area contributed by atoms with Gasteiger partial charge in [0.15, 0.2) is 19.7 Å². The minimum atomic E-state index is -5.78. The second-order valence-electron chi connectivity index (χ2n) is 5.15. The predicted molar refractivity (Wildman–Crippen MR) is 61.5 cm³/mol. The molecule has 1 aliphatic carbocycles. The maximum absolute atomic E-state index is 13.7. The SMILES string of the molecule is C[Si](C)(C)OC1(C(F)(F)C(F)(F)F)C=CC(=O)C=C1. The molecule has 0 aromatic rings. The van der Waals surface area contributed by atoms with E-state index in [2.05, 4.69) is 0 Å². The van der Waals surface area contributed by atoms with Gasteiger partial charge in [-0.15, -0.1) is 0 Å². The monoisotopic (exact) mass is 300 g/mol. The Kier molecular flexibility index (Phi) is 3.81. The molecule has 0 amide bonds. The van der Waals surface area contributed by atoms with Crippen molar-refractivity contribution in [3.8, 4) is 0 Å². The number of hydrogen-bond acceptors (Lipinski definition) is 2. The van der Waals surface area contributed by atoms with Crippen molar-refractivity contribution < 1.29 is 31.2 Å². The smallest absolute Gasteiger partial charge is 0.400 e. The van der Waals surface area contributed by atoms with Crippen molar-refractivity contribution in [2.24, 2.45) is 0 Å². The second-order valence-corrected chi connectivity index (χ2v) is 9.58. The van der Waals surface area contributed by atoms with Gasteiger partial charge in [-0.05, 0) is 43.9 Å².